The number of fused-ring (bicyclic) bond motifs is 3. The van der Waals surface area contributed by atoms with Crippen LogP contribution in [0.15, 0.2) is 48.5 Å². The van der Waals surface area contributed by atoms with Gasteiger partial charge < -0.3 is 15.5 Å². The number of benzene rings is 2. The summed E-state index contributed by atoms with van der Waals surface area (Å²) < 4.78 is 0. The summed E-state index contributed by atoms with van der Waals surface area (Å²) in [5.41, 5.74) is 9.98. The van der Waals surface area contributed by atoms with Crippen LogP contribution in [0.4, 0.5) is 5.95 Å². The molecule has 2 aromatic carbocycles. The molecule has 3 aromatic rings. The molecular weight excluding hydrogens is 402 g/mol. The first-order valence-electron chi connectivity index (χ1n) is 10.8. The molecule has 1 aliphatic carbocycles. The Kier molecular flexibility index (Phi) is 4.98. The Morgan fingerprint density at radius 1 is 1.03 bits per heavy atom. The van der Waals surface area contributed by atoms with Crippen LogP contribution in [-0.2, 0) is 0 Å². The Labute approximate surface area is 186 Å². The second-order valence-corrected chi connectivity index (χ2v) is 8.56. The topological polar surface area (TPSA) is 92.4 Å². The molecule has 1 saturated heterocycles. The van der Waals surface area contributed by atoms with E-state index in [0.29, 0.717) is 33.6 Å². The highest BCUT2D eigenvalue weighted by molar-refractivity contribution is 6.24. The van der Waals surface area contributed by atoms with Crippen LogP contribution in [0.25, 0.3) is 22.5 Å². The van der Waals surface area contributed by atoms with E-state index in [0.717, 1.165) is 31.5 Å². The summed E-state index contributed by atoms with van der Waals surface area (Å²) in [6, 6.07) is 14.9. The van der Waals surface area contributed by atoms with Crippen molar-refractivity contribution in [2.75, 3.05) is 32.9 Å². The molecule has 1 aromatic heterocycles. The summed E-state index contributed by atoms with van der Waals surface area (Å²) in [4.78, 5) is 39.4. The standard InChI is InChI=1S/C25H25N5O2/c1-29-12-10-17(11-13-29)30(2)24(32)16-8-9-18-19(14-16)22-20(23(18)31)21(27-25(26)28-22)15-6-4-3-5-7-15/h3-9,14,17H,10-13H2,1-2H3,(H2,26,27,28). The highest BCUT2D eigenvalue weighted by Crippen LogP contribution is 2.40. The van der Waals surface area contributed by atoms with Gasteiger partial charge in [0.2, 0.25) is 5.95 Å². The monoisotopic (exact) mass is 427 g/mol. The summed E-state index contributed by atoms with van der Waals surface area (Å²) in [5, 5.41) is 0. The largest absolute Gasteiger partial charge is 0.368 e. The number of hydrogen-bond acceptors (Lipinski definition) is 6. The third-order valence-corrected chi connectivity index (χ3v) is 6.52. The lowest BCUT2D eigenvalue weighted by atomic mass is 10.0. The fourth-order valence-electron chi connectivity index (χ4n) is 4.65. The smallest absolute Gasteiger partial charge is 0.253 e. The third kappa shape index (κ3) is 3.35. The molecule has 0 spiro atoms. The van der Waals surface area contributed by atoms with Crippen LogP contribution >= 0.6 is 0 Å². The maximum absolute atomic E-state index is 13.3. The van der Waals surface area contributed by atoms with Gasteiger partial charge in [-0.1, -0.05) is 30.3 Å². The number of nitrogens with two attached hydrogens (primary N) is 1. The average molecular weight is 428 g/mol. The number of nitrogens with zero attached hydrogens (tertiary/aromatic N) is 4. The van der Waals surface area contributed by atoms with E-state index in [2.05, 4.69) is 21.9 Å². The maximum Gasteiger partial charge on any atom is 0.253 e. The molecular formula is C25H25N5O2. The lowest BCUT2D eigenvalue weighted by Crippen LogP contribution is -2.44. The van der Waals surface area contributed by atoms with E-state index in [1.807, 2.05) is 42.3 Å². The first kappa shape index (κ1) is 20.3. The molecule has 2 aliphatic rings. The van der Waals surface area contributed by atoms with Gasteiger partial charge in [-0.2, -0.15) is 0 Å². The van der Waals surface area contributed by atoms with Crippen molar-refractivity contribution in [1.29, 1.82) is 0 Å². The van der Waals surface area contributed by atoms with Crippen molar-refractivity contribution in [3.8, 4) is 22.5 Å². The van der Waals surface area contributed by atoms with Crippen LogP contribution in [0.3, 0.4) is 0 Å². The quantitative estimate of drug-likeness (QED) is 0.540. The van der Waals surface area contributed by atoms with Gasteiger partial charge in [-0.15, -0.1) is 0 Å². The SMILES string of the molecule is CN1CCC(N(C)C(=O)c2ccc3c(c2)-c2nc(N)nc(-c4ccccc4)c2C3=O)CC1. The van der Waals surface area contributed by atoms with E-state index in [4.69, 9.17) is 5.73 Å². The minimum atomic E-state index is -0.142. The van der Waals surface area contributed by atoms with Crippen LogP contribution in [0, 0.1) is 0 Å². The number of anilines is 1. The Morgan fingerprint density at radius 2 is 1.72 bits per heavy atom. The molecule has 0 bridgehead atoms. The summed E-state index contributed by atoms with van der Waals surface area (Å²) in [7, 11) is 3.96. The minimum Gasteiger partial charge on any atom is -0.368 e. The van der Waals surface area contributed by atoms with Gasteiger partial charge in [0, 0.05) is 35.3 Å². The van der Waals surface area contributed by atoms with Gasteiger partial charge in [0.1, 0.15) is 0 Å². The fraction of sp³-hybridized carbons (Fsp3) is 0.280. The zero-order valence-corrected chi connectivity index (χ0v) is 18.2. The molecule has 7 heteroatoms. The Morgan fingerprint density at radius 3 is 2.44 bits per heavy atom. The van der Waals surface area contributed by atoms with Crippen molar-refractivity contribution in [1.82, 2.24) is 19.8 Å². The lowest BCUT2D eigenvalue weighted by Gasteiger charge is -2.35. The van der Waals surface area contributed by atoms with Gasteiger partial charge in [0.15, 0.2) is 5.78 Å². The number of carbonyl (C=O) groups is 2. The molecule has 0 saturated carbocycles. The first-order valence-corrected chi connectivity index (χ1v) is 10.8. The second-order valence-electron chi connectivity index (χ2n) is 8.56. The molecule has 7 nitrogen and oxygen atoms in total. The van der Waals surface area contributed by atoms with Gasteiger partial charge in [0.25, 0.3) is 5.91 Å². The zero-order valence-electron chi connectivity index (χ0n) is 18.2. The molecule has 1 aliphatic heterocycles. The predicted molar refractivity (Wildman–Crippen MR) is 123 cm³/mol. The fourth-order valence-corrected chi connectivity index (χ4v) is 4.65. The Bertz CT molecular complexity index is 1220. The van der Waals surface area contributed by atoms with E-state index in [-0.39, 0.29) is 23.7 Å². The van der Waals surface area contributed by atoms with Gasteiger partial charge in [-0.05, 0) is 51.2 Å². The zero-order chi connectivity index (χ0) is 22.4. The van der Waals surface area contributed by atoms with Gasteiger partial charge in [0.05, 0.1) is 17.0 Å². The number of piperidine rings is 1. The van der Waals surface area contributed by atoms with Crippen molar-refractivity contribution in [3.63, 3.8) is 0 Å². The maximum atomic E-state index is 13.3. The van der Waals surface area contributed by atoms with Gasteiger partial charge >= 0.3 is 0 Å². The number of nitrogen functional groups attached to an aromatic ring is 1. The molecule has 162 valence electrons. The summed E-state index contributed by atoms with van der Waals surface area (Å²) in [6.07, 6.45) is 1.91. The number of likely N-dealkylation sites (tertiary alicyclic amines) is 1. The van der Waals surface area contributed by atoms with Crippen LogP contribution in [0.2, 0.25) is 0 Å². The number of hydrogen-bond donors (Lipinski definition) is 1. The minimum absolute atomic E-state index is 0.0476. The Hall–Kier alpha value is -3.58. The lowest BCUT2D eigenvalue weighted by molar-refractivity contribution is 0.0659. The van der Waals surface area contributed by atoms with Gasteiger partial charge in [-0.25, -0.2) is 9.97 Å². The van der Waals surface area contributed by atoms with Gasteiger partial charge in [-0.3, -0.25) is 9.59 Å². The predicted octanol–water partition coefficient (Wildman–Crippen LogP) is 3.10. The van der Waals surface area contributed by atoms with E-state index >= 15 is 0 Å². The summed E-state index contributed by atoms with van der Waals surface area (Å²) in [6.45, 7) is 1.96. The van der Waals surface area contributed by atoms with Crippen LogP contribution < -0.4 is 5.73 Å². The number of ketones is 1. The molecule has 0 radical (unpaired) electrons. The molecule has 0 unspecified atom stereocenters. The van der Waals surface area contributed by atoms with Crippen LogP contribution in [-0.4, -0.2) is 64.7 Å². The summed E-state index contributed by atoms with van der Waals surface area (Å²) >= 11 is 0. The highest BCUT2D eigenvalue weighted by atomic mass is 16.2. The van der Waals surface area contributed by atoms with Crippen molar-refractivity contribution >= 4 is 17.6 Å². The van der Waals surface area contributed by atoms with E-state index < -0.39 is 0 Å². The molecule has 1 fully saturated rings. The Balaban J connectivity index is 1.54. The second kappa shape index (κ2) is 7.84. The molecule has 5 rings (SSSR count). The van der Waals surface area contributed by atoms with Crippen molar-refractivity contribution < 1.29 is 9.59 Å². The number of carbonyl (C=O) groups excluding carboxylic acids is 2. The van der Waals surface area contributed by atoms with E-state index in [1.165, 1.54) is 0 Å². The average Bonchev–Trinajstić information content (AvgIpc) is 3.10. The van der Waals surface area contributed by atoms with E-state index in [9.17, 15) is 9.59 Å². The van der Waals surface area contributed by atoms with Crippen molar-refractivity contribution in [3.05, 3.63) is 65.2 Å². The van der Waals surface area contributed by atoms with Crippen LogP contribution in [0.1, 0.15) is 39.1 Å². The number of rotatable bonds is 3. The number of amides is 1. The van der Waals surface area contributed by atoms with Crippen molar-refractivity contribution in [2.45, 2.75) is 18.9 Å². The molecule has 1 amide bonds. The molecule has 2 heterocycles. The normalized spacial score (nSPS) is 16.0. The first-order chi connectivity index (χ1) is 15.4. The van der Waals surface area contributed by atoms with E-state index in [1.54, 1.807) is 18.2 Å². The molecule has 2 N–H and O–H groups in total. The van der Waals surface area contributed by atoms with Crippen molar-refractivity contribution in [2.24, 2.45) is 0 Å². The summed E-state index contributed by atoms with van der Waals surface area (Å²) in [5.74, 6) is -0.0893. The molecule has 0 atom stereocenters. The van der Waals surface area contributed by atoms with Crippen LogP contribution in [0.5, 0.6) is 0 Å². The third-order valence-electron chi connectivity index (χ3n) is 6.52. The number of aromatic nitrogens is 2. The molecule has 32 heavy (non-hydrogen) atoms. The highest BCUT2D eigenvalue weighted by Gasteiger charge is 2.34.